The van der Waals surface area contributed by atoms with E-state index in [2.05, 4.69) is 17.1 Å². The van der Waals surface area contributed by atoms with Gasteiger partial charge in [0.15, 0.2) is 11.5 Å². The van der Waals surface area contributed by atoms with Gasteiger partial charge in [-0.15, -0.1) is 0 Å². The number of ether oxygens (including phenoxy) is 2. The van der Waals surface area contributed by atoms with Gasteiger partial charge in [-0.3, -0.25) is 4.79 Å². The van der Waals surface area contributed by atoms with Crippen LogP contribution in [0, 0.1) is 0 Å². The van der Waals surface area contributed by atoms with Crippen LogP contribution in [0.5, 0.6) is 11.5 Å². The Labute approximate surface area is 158 Å². The number of hydrogen-bond acceptors (Lipinski definition) is 3. The highest BCUT2D eigenvalue weighted by molar-refractivity contribution is 5.79. The van der Waals surface area contributed by atoms with Gasteiger partial charge in [-0.2, -0.15) is 4.99 Å². The van der Waals surface area contributed by atoms with E-state index in [4.69, 9.17) is 9.47 Å². The molecule has 5 nitrogen and oxygen atoms in total. The number of rotatable bonds is 6. The minimum Gasteiger partial charge on any atom is -0.493 e. The van der Waals surface area contributed by atoms with Gasteiger partial charge in [0.2, 0.25) is 0 Å². The maximum Gasteiger partial charge on any atom is 0.252 e. The minimum atomic E-state index is -0.213. The van der Waals surface area contributed by atoms with Gasteiger partial charge >= 0.3 is 0 Å². The van der Waals surface area contributed by atoms with Gasteiger partial charge in [0.1, 0.15) is 5.49 Å². The Bertz CT molecular complexity index is 978. The first kappa shape index (κ1) is 18.5. The summed E-state index contributed by atoms with van der Waals surface area (Å²) in [4.78, 5) is 16.8. The number of pyridine rings is 1. The molecule has 1 aromatic heterocycles. The van der Waals surface area contributed by atoms with Gasteiger partial charge in [0.25, 0.3) is 5.91 Å². The summed E-state index contributed by atoms with van der Waals surface area (Å²) in [5.74, 6) is 1.02. The third kappa shape index (κ3) is 4.85. The van der Waals surface area contributed by atoms with Crippen molar-refractivity contribution >= 4 is 5.91 Å². The largest absolute Gasteiger partial charge is 0.493 e. The van der Waals surface area contributed by atoms with E-state index in [1.54, 1.807) is 26.4 Å². The fourth-order valence-electron chi connectivity index (χ4n) is 2.82. The molecular formula is C22H22N2O3. The number of carbonyl (C=O) groups excluding carboxylic acids is 1. The van der Waals surface area contributed by atoms with E-state index in [0.29, 0.717) is 23.5 Å². The highest BCUT2D eigenvalue weighted by Gasteiger charge is 2.08. The van der Waals surface area contributed by atoms with Crippen LogP contribution in [0.4, 0.5) is 0 Å². The molecule has 27 heavy (non-hydrogen) atoms. The number of benzene rings is 2. The first-order valence-corrected chi connectivity index (χ1v) is 8.67. The predicted molar refractivity (Wildman–Crippen MR) is 104 cm³/mol. The Morgan fingerprint density at radius 1 is 0.889 bits per heavy atom. The number of methoxy groups -OCH3 is 2. The summed E-state index contributed by atoms with van der Waals surface area (Å²) in [5, 5.41) is 0. The zero-order valence-electron chi connectivity index (χ0n) is 15.5. The highest BCUT2D eigenvalue weighted by Crippen LogP contribution is 2.27. The van der Waals surface area contributed by atoms with Crippen LogP contribution in [0.2, 0.25) is 0 Å². The molecule has 0 saturated heterocycles. The van der Waals surface area contributed by atoms with Crippen molar-refractivity contribution in [2.75, 3.05) is 14.2 Å². The van der Waals surface area contributed by atoms with E-state index in [-0.39, 0.29) is 12.3 Å². The molecule has 0 radical (unpaired) electrons. The summed E-state index contributed by atoms with van der Waals surface area (Å²) in [6.45, 7) is 0.657. The lowest BCUT2D eigenvalue weighted by atomic mass is 10.1. The fourth-order valence-corrected chi connectivity index (χ4v) is 2.82. The molecule has 0 aliphatic heterocycles. The smallest absolute Gasteiger partial charge is 0.252 e. The lowest BCUT2D eigenvalue weighted by Crippen LogP contribution is -2.22. The Hall–Kier alpha value is -3.34. The predicted octanol–water partition coefficient (Wildman–Crippen LogP) is 3.22. The van der Waals surface area contributed by atoms with Crippen molar-refractivity contribution in [2.45, 2.75) is 13.0 Å². The van der Waals surface area contributed by atoms with E-state index in [1.807, 2.05) is 53.2 Å². The first-order chi connectivity index (χ1) is 13.2. The second-order valence-electron chi connectivity index (χ2n) is 6.04. The zero-order chi connectivity index (χ0) is 19.1. The average molecular weight is 362 g/mol. The number of amides is 1. The van der Waals surface area contributed by atoms with Crippen molar-refractivity contribution in [1.29, 1.82) is 0 Å². The van der Waals surface area contributed by atoms with Gasteiger partial charge < -0.3 is 14.0 Å². The van der Waals surface area contributed by atoms with Gasteiger partial charge in [-0.1, -0.05) is 42.5 Å². The molecule has 138 valence electrons. The van der Waals surface area contributed by atoms with Crippen LogP contribution >= 0.6 is 0 Å². The van der Waals surface area contributed by atoms with Crippen molar-refractivity contribution in [3.05, 3.63) is 89.5 Å². The summed E-state index contributed by atoms with van der Waals surface area (Å²) in [7, 11) is 3.16. The van der Waals surface area contributed by atoms with Crippen LogP contribution in [0.15, 0.2) is 77.9 Å². The molecule has 0 aliphatic rings. The van der Waals surface area contributed by atoms with Crippen LogP contribution in [0.1, 0.15) is 11.1 Å². The summed E-state index contributed by atoms with van der Waals surface area (Å²) < 4.78 is 12.5. The third-order valence-electron chi connectivity index (χ3n) is 4.15. The molecule has 3 aromatic rings. The van der Waals surface area contributed by atoms with Crippen LogP contribution in [-0.2, 0) is 17.8 Å². The molecule has 0 fully saturated rings. The van der Waals surface area contributed by atoms with Crippen molar-refractivity contribution < 1.29 is 14.3 Å². The molecule has 1 amide bonds. The van der Waals surface area contributed by atoms with E-state index >= 15 is 0 Å². The molecule has 5 heteroatoms. The lowest BCUT2D eigenvalue weighted by molar-refractivity contribution is -0.117. The number of carbonyl (C=O) groups is 1. The third-order valence-corrected chi connectivity index (χ3v) is 4.15. The number of nitrogens with zero attached hydrogens (tertiary/aromatic N) is 2. The van der Waals surface area contributed by atoms with Crippen LogP contribution < -0.4 is 15.0 Å². The second kappa shape index (κ2) is 8.85. The minimum absolute atomic E-state index is 0.195. The van der Waals surface area contributed by atoms with E-state index in [0.717, 1.165) is 11.1 Å². The maximum absolute atomic E-state index is 12.5. The molecule has 3 rings (SSSR count). The summed E-state index contributed by atoms with van der Waals surface area (Å²) >= 11 is 0. The molecule has 0 unspecified atom stereocenters. The van der Waals surface area contributed by atoms with Crippen molar-refractivity contribution in [2.24, 2.45) is 4.99 Å². The van der Waals surface area contributed by atoms with Crippen LogP contribution in [0.25, 0.3) is 0 Å². The molecule has 0 atom stereocenters. The number of hydrogen-bond donors (Lipinski definition) is 0. The Morgan fingerprint density at radius 2 is 1.63 bits per heavy atom. The summed E-state index contributed by atoms with van der Waals surface area (Å²) in [5.41, 5.74) is 2.61. The lowest BCUT2D eigenvalue weighted by Gasteiger charge is -2.09. The first-order valence-electron chi connectivity index (χ1n) is 8.67. The van der Waals surface area contributed by atoms with Crippen molar-refractivity contribution in [3.8, 4) is 11.5 Å². The van der Waals surface area contributed by atoms with Crippen LogP contribution in [-0.4, -0.2) is 24.7 Å². The Kier molecular flexibility index (Phi) is 6.05. The molecule has 0 bridgehead atoms. The topological polar surface area (TPSA) is 52.8 Å². The quantitative estimate of drug-likeness (QED) is 0.677. The fraction of sp³-hybridized carbons (Fsp3) is 0.182. The SMILES string of the molecule is COc1ccc(CC(=O)N=c2ccccn2Cc2ccccc2)cc1OC. The van der Waals surface area contributed by atoms with Gasteiger partial charge in [-0.05, 0) is 35.4 Å². The molecule has 1 heterocycles. The van der Waals surface area contributed by atoms with Crippen molar-refractivity contribution in [3.63, 3.8) is 0 Å². The van der Waals surface area contributed by atoms with Gasteiger partial charge in [-0.25, -0.2) is 0 Å². The molecule has 0 saturated carbocycles. The monoisotopic (exact) mass is 362 g/mol. The summed E-state index contributed by atoms with van der Waals surface area (Å²) in [6, 6.07) is 21.2. The Balaban J connectivity index is 1.81. The molecule has 0 spiro atoms. The van der Waals surface area contributed by atoms with Crippen LogP contribution in [0.3, 0.4) is 0 Å². The molecule has 0 aliphatic carbocycles. The molecule has 0 N–H and O–H groups in total. The maximum atomic E-state index is 12.5. The number of aromatic nitrogens is 1. The molecule has 2 aromatic carbocycles. The zero-order valence-corrected chi connectivity index (χ0v) is 15.5. The van der Waals surface area contributed by atoms with E-state index in [9.17, 15) is 4.79 Å². The normalized spacial score (nSPS) is 11.3. The summed E-state index contributed by atoms with van der Waals surface area (Å²) in [6.07, 6.45) is 2.12. The highest BCUT2D eigenvalue weighted by atomic mass is 16.5. The van der Waals surface area contributed by atoms with Gasteiger partial charge in [0, 0.05) is 12.7 Å². The van der Waals surface area contributed by atoms with E-state index in [1.165, 1.54) is 0 Å². The Morgan fingerprint density at radius 3 is 2.37 bits per heavy atom. The standard InChI is InChI=1S/C22H22N2O3/c1-26-19-12-11-18(14-20(19)27-2)15-22(25)23-21-10-6-7-13-24(21)16-17-8-4-3-5-9-17/h3-14H,15-16H2,1-2H3. The van der Waals surface area contributed by atoms with Crippen molar-refractivity contribution in [1.82, 2.24) is 4.57 Å². The van der Waals surface area contributed by atoms with Gasteiger partial charge in [0.05, 0.1) is 20.6 Å². The van der Waals surface area contributed by atoms with E-state index < -0.39 is 0 Å². The average Bonchev–Trinajstić information content (AvgIpc) is 2.70. The second-order valence-corrected chi connectivity index (χ2v) is 6.04. The molecular weight excluding hydrogens is 340 g/mol.